The van der Waals surface area contributed by atoms with E-state index in [1.54, 1.807) is 13.8 Å². The number of aryl methyl sites for hydroxylation is 1. The average molecular weight is 979 g/mol. The first kappa shape index (κ1) is 51.9. The van der Waals surface area contributed by atoms with Gasteiger partial charge in [0.15, 0.2) is 6.54 Å². The van der Waals surface area contributed by atoms with Gasteiger partial charge in [-0.3, -0.25) is 0 Å². The Hall–Kier alpha value is -5.98. The fourth-order valence-corrected chi connectivity index (χ4v) is 11.1. The Morgan fingerprint density at radius 3 is 1.89 bits per heavy atom. The number of carbonyl (C=O) groups excluding carboxylic acids is 2. The first-order chi connectivity index (χ1) is 33.7. The zero-order chi connectivity index (χ0) is 49.7. The number of unbranched alkanes of at least 4 members (excludes halogenated alkanes) is 2. The Balaban J connectivity index is 1.15. The molecule has 0 N–H and O–H groups in total. The van der Waals surface area contributed by atoms with Crippen LogP contribution in [0.25, 0.3) is 16.3 Å². The number of thioether (sulfide) groups is 1. The van der Waals surface area contributed by atoms with E-state index in [0.29, 0.717) is 24.4 Å². The van der Waals surface area contributed by atoms with Crippen LogP contribution in [-0.2, 0) is 25.6 Å². The summed E-state index contributed by atoms with van der Waals surface area (Å²) in [6.45, 7) is 16.9. The zero-order valence-corrected chi connectivity index (χ0v) is 43.8. The summed E-state index contributed by atoms with van der Waals surface area (Å²) in [5.74, 6) is -0.643. The average Bonchev–Trinajstić information content (AvgIpc) is 4.03. The molecule has 4 aromatic carbocycles. The standard InChI is InChI=1S/C59H72N5O4S2/c1-45(2)58(65)67-43-41-63(5,6)39-21-19-37-60-51-27-15-17-29-53(51)69-55(60)35-33-47-31-32-48(57(47)62(49-23-11-9-12-24-49)50-25-13-10-14-26-50)34-36-56-61(52-28-16-18-30-54(52)70-56)38-20-22-40-64(7,8)42-44-68-59(66)46(3)4/h9-18,23-30,33-36H,1,3,19-22,31-32,37-44H2,2,4-8H3/q+3. The van der Waals surface area contributed by atoms with Crippen LogP contribution in [0.2, 0.25) is 0 Å². The molecule has 2 aliphatic rings. The third-order valence-corrected chi connectivity index (χ3v) is 15.3. The molecule has 9 nitrogen and oxygen atoms in total. The smallest absolute Gasteiger partial charge is 0.333 e. The van der Waals surface area contributed by atoms with Gasteiger partial charge >= 0.3 is 11.9 Å². The van der Waals surface area contributed by atoms with Gasteiger partial charge < -0.3 is 28.2 Å². The van der Waals surface area contributed by atoms with Gasteiger partial charge in [-0.05, 0) is 105 Å². The van der Waals surface area contributed by atoms with Gasteiger partial charge in [0.1, 0.15) is 31.0 Å². The minimum absolute atomic E-state index is 0.322. The molecule has 11 heteroatoms. The van der Waals surface area contributed by atoms with Crippen molar-refractivity contribution in [2.75, 3.05) is 83.9 Å². The van der Waals surface area contributed by atoms with E-state index in [1.165, 1.54) is 47.7 Å². The third kappa shape index (κ3) is 13.9. The van der Waals surface area contributed by atoms with Crippen molar-refractivity contribution in [3.05, 3.63) is 179 Å². The Morgan fingerprint density at radius 2 is 1.26 bits per heavy atom. The molecule has 0 bridgehead atoms. The molecule has 1 aliphatic heterocycles. The number of ether oxygens (including phenoxy) is 2. The summed E-state index contributed by atoms with van der Waals surface area (Å²) in [6, 6.07) is 39.1. The molecule has 7 rings (SSSR count). The zero-order valence-electron chi connectivity index (χ0n) is 42.2. The second-order valence-electron chi connectivity index (χ2n) is 19.7. The van der Waals surface area contributed by atoms with Gasteiger partial charge in [0.25, 0.3) is 5.01 Å². The number of nitrogens with zero attached hydrogens (tertiary/aromatic N) is 5. The van der Waals surface area contributed by atoms with E-state index in [1.807, 2.05) is 23.1 Å². The van der Waals surface area contributed by atoms with Crippen LogP contribution in [0, 0.1) is 0 Å². The lowest BCUT2D eigenvalue weighted by atomic mass is 10.1. The normalized spacial score (nSPS) is 15.1. The summed E-state index contributed by atoms with van der Waals surface area (Å²) >= 11 is 3.70. The van der Waals surface area contributed by atoms with Crippen molar-refractivity contribution in [1.29, 1.82) is 0 Å². The third-order valence-electron chi connectivity index (χ3n) is 13.0. The van der Waals surface area contributed by atoms with E-state index in [-0.39, 0.29) is 11.9 Å². The Bertz CT molecular complexity index is 2730. The summed E-state index contributed by atoms with van der Waals surface area (Å²) in [6.07, 6.45) is 15.5. The monoisotopic (exact) mass is 979 g/mol. The van der Waals surface area contributed by atoms with E-state index in [9.17, 15) is 9.59 Å². The first-order valence-corrected chi connectivity index (χ1v) is 26.3. The van der Waals surface area contributed by atoms with E-state index in [2.05, 4.69) is 189 Å². The highest BCUT2D eigenvalue weighted by atomic mass is 32.2. The number of hydrogen-bond acceptors (Lipinski definition) is 8. The van der Waals surface area contributed by atoms with Gasteiger partial charge in [-0.25, -0.2) is 9.59 Å². The number of quaternary nitrogens is 2. The molecule has 70 heavy (non-hydrogen) atoms. The van der Waals surface area contributed by atoms with Crippen molar-refractivity contribution in [2.45, 2.75) is 63.8 Å². The van der Waals surface area contributed by atoms with Gasteiger partial charge in [0.2, 0.25) is 5.52 Å². The number of aromatic nitrogens is 1. The quantitative estimate of drug-likeness (QED) is 0.0201. The van der Waals surface area contributed by atoms with Crippen LogP contribution in [0.3, 0.4) is 0 Å². The maximum absolute atomic E-state index is 12.0. The predicted octanol–water partition coefficient (Wildman–Crippen LogP) is 12.4. The van der Waals surface area contributed by atoms with Crippen molar-refractivity contribution in [2.24, 2.45) is 0 Å². The number of fused-ring (bicyclic) bond motifs is 2. The molecule has 0 spiro atoms. The number of para-hydroxylation sites is 4. The van der Waals surface area contributed by atoms with Gasteiger partial charge in [0, 0.05) is 58.9 Å². The van der Waals surface area contributed by atoms with Crippen molar-refractivity contribution in [1.82, 2.24) is 0 Å². The number of esters is 2. The van der Waals surface area contributed by atoms with E-state index in [4.69, 9.17) is 9.47 Å². The molecule has 0 unspecified atom stereocenters. The summed E-state index contributed by atoms with van der Waals surface area (Å²) in [4.78, 5) is 30.2. The molecule has 366 valence electrons. The maximum Gasteiger partial charge on any atom is 0.333 e. The second kappa shape index (κ2) is 24.2. The number of thiazole rings is 1. The lowest BCUT2D eigenvalue weighted by Gasteiger charge is -2.30. The molecule has 0 saturated carbocycles. The van der Waals surface area contributed by atoms with E-state index < -0.39 is 0 Å². The van der Waals surface area contributed by atoms with Crippen molar-refractivity contribution in [3.63, 3.8) is 0 Å². The minimum atomic E-state index is -0.322. The van der Waals surface area contributed by atoms with Crippen LogP contribution in [0.15, 0.2) is 178 Å². The first-order valence-electron chi connectivity index (χ1n) is 24.7. The van der Waals surface area contributed by atoms with Crippen molar-refractivity contribution >= 4 is 68.4 Å². The van der Waals surface area contributed by atoms with Gasteiger partial charge in [-0.15, -0.1) is 0 Å². The summed E-state index contributed by atoms with van der Waals surface area (Å²) < 4.78 is 16.2. The molecular weight excluding hydrogens is 907 g/mol. The Kier molecular flexibility index (Phi) is 18.0. The molecule has 1 aliphatic carbocycles. The highest BCUT2D eigenvalue weighted by Gasteiger charge is 2.29. The Morgan fingerprint density at radius 1 is 0.686 bits per heavy atom. The van der Waals surface area contributed by atoms with Crippen LogP contribution in [-0.4, -0.2) is 95.0 Å². The number of carbonyl (C=O) groups is 2. The van der Waals surface area contributed by atoms with Crippen LogP contribution < -0.4 is 14.4 Å². The van der Waals surface area contributed by atoms with E-state index >= 15 is 0 Å². The van der Waals surface area contributed by atoms with Crippen LogP contribution >= 0.6 is 23.1 Å². The number of allylic oxidation sites excluding steroid dienone is 5. The summed E-state index contributed by atoms with van der Waals surface area (Å²) in [7, 11) is 8.83. The van der Waals surface area contributed by atoms with Gasteiger partial charge in [-0.1, -0.05) is 103 Å². The molecule has 2 heterocycles. The minimum Gasteiger partial charge on any atom is -0.456 e. The molecule has 0 saturated heterocycles. The molecule has 0 amide bonds. The highest BCUT2D eigenvalue weighted by Crippen LogP contribution is 2.47. The molecule has 0 radical (unpaired) electrons. The maximum atomic E-state index is 12.0. The largest absolute Gasteiger partial charge is 0.456 e. The summed E-state index contributed by atoms with van der Waals surface area (Å²) in [5, 5.41) is 2.48. The van der Waals surface area contributed by atoms with E-state index in [0.717, 1.165) is 98.1 Å². The fraction of sp³-hybridized carbons (Fsp3) is 0.339. The number of rotatable bonds is 24. The number of hydrogen-bond donors (Lipinski definition) is 0. The highest BCUT2D eigenvalue weighted by molar-refractivity contribution is 8.03. The molecule has 5 aromatic rings. The van der Waals surface area contributed by atoms with Crippen LogP contribution in [0.5, 0.6) is 0 Å². The SMILES string of the molecule is C=C(C)C(=O)OCC[N+](C)(C)CCCCN1C(=CC=C2CCC(C=Cc3sc4ccccc4[n+]3CCCC[N+](C)(C)CCOC(=O)C(=C)C)=C2N(c2ccccc2)c2ccccc2)Sc2ccccc21. The molecule has 1 aromatic heterocycles. The lowest BCUT2D eigenvalue weighted by molar-refractivity contribution is -0.890. The molecular formula is C59H72N5O4S2+3. The fourth-order valence-electron chi connectivity index (χ4n) is 8.90. The van der Waals surface area contributed by atoms with Crippen molar-refractivity contribution in [3.8, 4) is 0 Å². The van der Waals surface area contributed by atoms with Crippen LogP contribution in [0.4, 0.5) is 17.1 Å². The van der Waals surface area contributed by atoms with Gasteiger partial charge in [-0.2, -0.15) is 4.57 Å². The lowest BCUT2D eigenvalue weighted by Crippen LogP contribution is -2.44. The number of anilines is 3. The number of likely N-dealkylation sites (N-methyl/N-ethyl adjacent to an activating group) is 2. The Labute approximate surface area is 425 Å². The van der Waals surface area contributed by atoms with Gasteiger partial charge in [0.05, 0.1) is 57.7 Å². The predicted molar refractivity (Wildman–Crippen MR) is 292 cm³/mol. The second-order valence-corrected chi connectivity index (χ2v) is 21.8. The molecule has 0 atom stereocenters. The van der Waals surface area contributed by atoms with Crippen LogP contribution in [0.1, 0.15) is 57.4 Å². The molecule has 0 fully saturated rings. The van der Waals surface area contributed by atoms with Crippen molar-refractivity contribution < 1.29 is 32.6 Å². The number of benzene rings is 4. The summed E-state index contributed by atoms with van der Waals surface area (Å²) in [5.41, 5.74) is 9.50. The topological polar surface area (TPSA) is 63.0 Å².